The number of aliphatic imine (C=N–C) groups is 1. The number of ether oxygens (including phenoxy) is 1. The van der Waals surface area contributed by atoms with Crippen molar-refractivity contribution in [2.45, 2.75) is 24.5 Å². The third kappa shape index (κ3) is 2.33. The summed E-state index contributed by atoms with van der Waals surface area (Å²) in [6.45, 7) is 1.93. The standard InChI is InChI=1S/C13H15N3O2S/c1-7-14-11(17)10-13(15-7)19-12(16-10)8-3-5-9(18-2)6-4-8/h3-7,10,13,15H,1-2H3,(H,14,17). The van der Waals surface area contributed by atoms with Crippen molar-refractivity contribution in [2.75, 3.05) is 7.11 Å². The Bertz CT molecular complexity index is 529. The summed E-state index contributed by atoms with van der Waals surface area (Å²) in [5.74, 6) is 0.807. The number of hydrogen-bond donors (Lipinski definition) is 2. The molecule has 3 unspecified atom stereocenters. The average molecular weight is 277 g/mol. The molecule has 1 aromatic carbocycles. The highest BCUT2D eigenvalue weighted by atomic mass is 32.2. The Morgan fingerprint density at radius 1 is 1.32 bits per heavy atom. The van der Waals surface area contributed by atoms with Crippen molar-refractivity contribution >= 4 is 22.7 Å². The third-order valence-electron chi connectivity index (χ3n) is 3.16. The van der Waals surface area contributed by atoms with Crippen LogP contribution in [0.25, 0.3) is 0 Å². The van der Waals surface area contributed by atoms with E-state index in [0.717, 1.165) is 16.4 Å². The average Bonchev–Trinajstić information content (AvgIpc) is 2.83. The van der Waals surface area contributed by atoms with Crippen LogP contribution >= 0.6 is 11.8 Å². The van der Waals surface area contributed by atoms with Gasteiger partial charge in [0.25, 0.3) is 0 Å². The number of nitrogens with one attached hydrogen (secondary N) is 2. The van der Waals surface area contributed by atoms with Crippen LogP contribution in [-0.2, 0) is 4.79 Å². The molecule has 0 radical (unpaired) electrons. The summed E-state index contributed by atoms with van der Waals surface area (Å²) < 4.78 is 5.13. The van der Waals surface area contributed by atoms with E-state index < -0.39 is 0 Å². The molecule has 1 fully saturated rings. The van der Waals surface area contributed by atoms with Gasteiger partial charge >= 0.3 is 0 Å². The zero-order valence-corrected chi connectivity index (χ0v) is 11.5. The number of hydrogen-bond acceptors (Lipinski definition) is 5. The van der Waals surface area contributed by atoms with Gasteiger partial charge in [0.05, 0.1) is 18.6 Å². The first-order chi connectivity index (χ1) is 9.17. The number of benzene rings is 1. The van der Waals surface area contributed by atoms with Gasteiger partial charge in [-0.05, 0) is 31.2 Å². The van der Waals surface area contributed by atoms with Gasteiger partial charge in [-0.25, -0.2) is 0 Å². The molecule has 0 aliphatic carbocycles. The molecule has 2 aliphatic rings. The first-order valence-corrected chi connectivity index (χ1v) is 7.00. The summed E-state index contributed by atoms with van der Waals surface area (Å²) in [6.07, 6.45) is -0.00772. The smallest absolute Gasteiger partial charge is 0.248 e. The van der Waals surface area contributed by atoms with Crippen LogP contribution in [0, 0.1) is 0 Å². The number of methoxy groups -OCH3 is 1. The Morgan fingerprint density at radius 2 is 2.05 bits per heavy atom. The lowest BCUT2D eigenvalue weighted by atomic mass is 10.2. The monoisotopic (exact) mass is 277 g/mol. The van der Waals surface area contributed by atoms with Crippen molar-refractivity contribution in [2.24, 2.45) is 4.99 Å². The second-order valence-corrected chi connectivity index (χ2v) is 5.67. The maximum atomic E-state index is 11.9. The van der Waals surface area contributed by atoms with Crippen LogP contribution in [0.5, 0.6) is 5.75 Å². The number of fused-ring (bicyclic) bond motifs is 1. The fourth-order valence-electron chi connectivity index (χ4n) is 2.19. The number of carbonyl (C=O) groups is 1. The Labute approximate surface area is 115 Å². The summed E-state index contributed by atoms with van der Waals surface area (Å²) in [5, 5.41) is 7.10. The molecule has 100 valence electrons. The topological polar surface area (TPSA) is 62.7 Å². The van der Waals surface area contributed by atoms with Gasteiger partial charge in [-0.3, -0.25) is 15.1 Å². The van der Waals surface area contributed by atoms with Crippen molar-refractivity contribution in [3.8, 4) is 5.75 Å². The summed E-state index contributed by atoms with van der Waals surface area (Å²) >= 11 is 1.61. The van der Waals surface area contributed by atoms with Gasteiger partial charge in [-0.1, -0.05) is 11.8 Å². The molecule has 0 spiro atoms. The molecule has 1 amide bonds. The van der Waals surface area contributed by atoms with Crippen LogP contribution in [0.1, 0.15) is 12.5 Å². The van der Waals surface area contributed by atoms with E-state index in [1.807, 2.05) is 31.2 Å². The highest BCUT2D eigenvalue weighted by Crippen LogP contribution is 2.31. The molecule has 6 heteroatoms. The van der Waals surface area contributed by atoms with Crippen molar-refractivity contribution in [1.82, 2.24) is 10.6 Å². The molecule has 0 saturated carbocycles. The molecular formula is C13H15N3O2S. The van der Waals surface area contributed by atoms with Gasteiger partial charge in [0, 0.05) is 5.56 Å². The van der Waals surface area contributed by atoms with E-state index in [0.29, 0.717) is 0 Å². The summed E-state index contributed by atoms with van der Waals surface area (Å²) in [7, 11) is 1.64. The van der Waals surface area contributed by atoms with Gasteiger partial charge in [0.1, 0.15) is 10.8 Å². The zero-order chi connectivity index (χ0) is 13.4. The van der Waals surface area contributed by atoms with E-state index in [-0.39, 0.29) is 23.5 Å². The molecule has 1 saturated heterocycles. The largest absolute Gasteiger partial charge is 0.497 e. The minimum absolute atomic E-state index is 0.00717. The molecule has 2 heterocycles. The minimum Gasteiger partial charge on any atom is -0.497 e. The van der Waals surface area contributed by atoms with Gasteiger partial charge in [-0.15, -0.1) is 0 Å². The van der Waals surface area contributed by atoms with Gasteiger partial charge in [0.15, 0.2) is 6.04 Å². The van der Waals surface area contributed by atoms with E-state index in [1.54, 1.807) is 18.9 Å². The number of thioether (sulfide) groups is 1. The Hall–Kier alpha value is -1.53. The molecule has 3 rings (SSSR count). The second-order valence-electron chi connectivity index (χ2n) is 4.54. The first-order valence-electron chi connectivity index (χ1n) is 6.12. The number of rotatable bonds is 2. The number of nitrogens with zero attached hydrogens (tertiary/aromatic N) is 1. The molecule has 19 heavy (non-hydrogen) atoms. The van der Waals surface area contributed by atoms with E-state index in [4.69, 9.17) is 4.74 Å². The lowest BCUT2D eigenvalue weighted by Crippen LogP contribution is -2.59. The molecule has 0 aromatic heterocycles. The van der Waals surface area contributed by atoms with Crippen LogP contribution < -0.4 is 15.4 Å². The molecule has 2 aliphatic heterocycles. The normalized spacial score (nSPS) is 29.5. The highest BCUT2D eigenvalue weighted by Gasteiger charge is 2.40. The van der Waals surface area contributed by atoms with Crippen LogP contribution in [0.4, 0.5) is 0 Å². The van der Waals surface area contributed by atoms with Crippen LogP contribution in [0.3, 0.4) is 0 Å². The molecule has 0 bridgehead atoms. The predicted molar refractivity (Wildman–Crippen MR) is 75.4 cm³/mol. The fraction of sp³-hybridized carbons (Fsp3) is 0.385. The van der Waals surface area contributed by atoms with Crippen LogP contribution in [-0.4, -0.2) is 35.6 Å². The van der Waals surface area contributed by atoms with Gasteiger partial charge in [0.2, 0.25) is 5.91 Å². The molecule has 2 N–H and O–H groups in total. The highest BCUT2D eigenvalue weighted by molar-refractivity contribution is 8.15. The molecule has 1 aromatic rings. The first kappa shape index (κ1) is 12.5. The predicted octanol–water partition coefficient (Wildman–Crippen LogP) is 0.949. The van der Waals surface area contributed by atoms with Crippen LogP contribution in [0.15, 0.2) is 29.3 Å². The molecule has 3 atom stereocenters. The summed E-state index contributed by atoms with van der Waals surface area (Å²) in [6, 6.07) is 7.39. The van der Waals surface area contributed by atoms with Crippen LogP contribution in [0.2, 0.25) is 0 Å². The van der Waals surface area contributed by atoms with Crippen molar-refractivity contribution in [3.05, 3.63) is 29.8 Å². The molecule has 5 nitrogen and oxygen atoms in total. The Morgan fingerprint density at radius 3 is 2.74 bits per heavy atom. The number of amides is 1. The maximum absolute atomic E-state index is 11.9. The lowest BCUT2D eigenvalue weighted by Gasteiger charge is -2.29. The van der Waals surface area contributed by atoms with Crippen molar-refractivity contribution in [3.63, 3.8) is 0 Å². The maximum Gasteiger partial charge on any atom is 0.248 e. The van der Waals surface area contributed by atoms with E-state index in [2.05, 4.69) is 15.6 Å². The fourth-order valence-corrected chi connectivity index (χ4v) is 3.47. The van der Waals surface area contributed by atoms with Gasteiger partial charge in [-0.2, -0.15) is 0 Å². The number of carbonyl (C=O) groups excluding carboxylic acids is 1. The third-order valence-corrected chi connectivity index (χ3v) is 4.37. The van der Waals surface area contributed by atoms with E-state index in [9.17, 15) is 4.79 Å². The zero-order valence-electron chi connectivity index (χ0n) is 10.7. The second kappa shape index (κ2) is 4.86. The Balaban J connectivity index is 1.83. The minimum atomic E-state index is -0.335. The SMILES string of the molecule is COc1ccc(C2=NC3C(=O)NC(C)NC3S2)cc1. The van der Waals surface area contributed by atoms with E-state index >= 15 is 0 Å². The lowest BCUT2D eigenvalue weighted by molar-refractivity contribution is -0.124. The molecular weight excluding hydrogens is 262 g/mol. The quantitative estimate of drug-likeness (QED) is 0.845. The van der Waals surface area contributed by atoms with Crippen molar-refractivity contribution < 1.29 is 9.53 Å². The van der Waals surface area contributed by atoms with Crippen molar-refractivity contribution in [1.29, 1.82) is 0 Å². The van der Waals surface area contributed by atoms with Gasteiger partial charge < -0.3 is 10.1 Å². The van der Waals surface area contributed by atoms with E-state index in [1.165, 1.54) is 0 Å². The summed E-state index contributed by atoms with van der Waals surface area (Å²) in [5.41, 5.74) is 1.02. The summed E-state index contributed by atoms with van der Waals surface area (Å²) in [4.78, 5) is 16.4. The Kier molecular flexibility index (Phi) is 3.20.